The molecule has 1 aromatic heterocycles. The maximum absolute atomic E-state index is 3.48. The third-order valence-electron chi connectivity index (χ3n) is 3.30. The third-order valence-corrected chi connectivity index (χ3v) is 4.89. The van der Waals surface area contributed by atoms with E-state index in [1.54, 1.807) is 0 Å². The van der Waals surface area contributed by atoms with Gasteiger partial charge in [-0.05, 0) is 36.9 Å². The van der Waals surface area contributed by atoms with Gasteiger partial charge in [-0.25, -0.2) is 0 Å². The fourth-order valence-electron chi connectivity index (χ4n) is 2.25. The van der Waals surface area contributed by atoms with Crippen molar-refractivity contribution in [3.05, 3.63) is 21.9 Å². The van der Waals surface area contributed by atoms with Crippen molar-refractivity contribution in [2.75, 3.05) is 7.05 Å². The Balaban J connectivity index is 2.86. The van der Waals surface area contributed by atoms with Crippen molar-refractivity contribution in [2.45, 2.75) is 58.9 Å². The zero-order valence-corrected chi connectivity index (χ0v) is 12.9. The van der Waals surface area contributed by atoms with Gasteiger partial charge in [-0.3, -0.25) is 0 Å². The molecule has 1 heterocycles. The summed E-state index contributed by atoms with van der Waals surface area (Å²) in [4.78, 5) is 2.97. The Labute approximate surface area is 111 Å². The predicted octanol–water partition coefficient (Wildman–Crippen LogP) is 4.74. The lowest BCUT2D eigenvalue weighted by molar-refractivity contribution is 0.389. The van der Waals surface area contributed by atoms with Crippen molar-refractivity contribution in [3.8, 4) is 0 Å². The summed E-state index contributed by atoms with van der Waals surface area (Å²) in [5, 5.41) is 3.48. The van der Waals surface area contributed by atoms with Crippen LogP contribution in [0.4, 0.5) is 0 Å². The summed E-state index contributed by atoms with van der Waals surface area (Å²) < 4.78 is 0. The van der Waals surface area contributed by atoms with Crippen molar-refractivity contribution in [2.24, 2.45) is 5.92 Å². The van der Waals surface area contributed by atoms with Crippen LogP contribution in [0.1, 0.15) is 63.3 Å². The molecule has 0 aromatic carbocycles. The normalized spacial score (nSPS) is 15.9. The van der Waals surface area contributed by atoms with Crippen LogP contribution < -0.4 is 5.32 Å². The minimum atomic E-state index is 0.273. The van der Waals surface area contributed by atoms with Gasteiger partial charge >= 0.3 is 0 Å². The van der Waals surface area contributed by atoms with Crippen molar-refractivity contribution in [1.29, 1.82) is 0 Å². The van der Waals surface area contributed by atoms with Crippen molar-refractivity contribution < 1.29 is 0 Å². The molecule has 1 aromatic rings. The van der Waals surface area contributed by atoms with E-state index in [-0.39, 0.29) is 5.41 Å². The van der Waals surface area contributed by atoms with Crippen LogP contribution in [-0.2, 0) is 5.41 Å². The first kappa shape index (κ1) is 14.7. The van der Waals surface area contributed by atoms with Crippen LogP contribution in [-0.4, -0.2) is 7.05 Å². The fraction of sp³-hybridized carbons (Fsp3) is 0.733. The predicted molar refractivity (Wildman–Crippen MR) is 78.9 cm³/mol. The first-order valence-electron chi connectivity index (χ1n) is 6.67. The van der Waals surface area contributed by atoms with Crippen molar-refractivity contribution in [3.63, 3.8) is 0 Å². The van der Waals surface area contributed by atoms with Crippen LogP contribution in [0.15, 0.2) is 12.1 Å². The van der Waals surface area contributed by atoms with Gasteiger partial charge in [0.25, 0.3) is 0 Å². The lowest BCUT2D eigenvalue weighted by Crippen LogP contribution is -2.22. The molecule has 2 unspecified atom stereocenters. The van der Waals surface area contributed by atoms with Crippen molar-refractivity contribution >= 4 is 11.3 Å². The zero-order valence-electron chi connectivity index (χ0n) is 12.1. The van der Waals surface area contributed by atoms with Gasteiger partial charge in [0.15, 0.2) is 0 Å². The molecule has 0 aliphatic heterocycles. The van der Waals surface area contributed by atoms with E-state index in [9.17, 15) is 0 Å². The van der Waals surface area contributed by atoms with Gasteiger partial charge in [-0.2, -0.15) is 0 Å². The third kappa shape index (κ3) is 3.82. The van der Waals surface area contributed by atoms with Crippen LogP contribution >= 0.6 is 11.3 Å². The highest BCUT2D eigenvalue weighted by Gasteiger charge is 2.22. The monoisotopic (exact) mass is 253 g/mol. The van der Waals surface area contributed by atoms with E-state index in [0.29, 0.717) is 12.0 Å². The van der Waals surface area contributed by atoms with E-state index in [1.807, 2.05) is 11.3 Å². The molecule has 0 amide bonds. The summed E-state index contributed by atoms with van der Waals surface area (Å²) in [6, 6.07) is 5.11. The first-order valence-corrected chi connectivity index (χ1v) is 7.49. The van der Waals surface area contributed by atoms with Crippen LogP contribution in [0.5, 0.6) is 0 Å². The van der Waals surface area contributed by atoms with Crippen LogP contribution in [0.3, 0.4) is 0 Å². The topological polar surface area (TPSA) is 12.0 Å². The number of thiophene rings is 1. The Morgan fingerprint density at radius 3 is 2.35 bits per heavy atom. The van der Waals surface area contributed by atoms with Gasteiger partial charge < -0.3 is 5.32 Å². The van der Waals surface area contributed by atoms with E-state index >= 15 is 0 Å². The lowest BCUT2D eigenvalue weighted by atomic mass is 9.94. The molecule has 2 heteroatoms. The summed E-state index contributed by atoms with van der Waals surface area (Å²) in [6.07, 6.45) is 2.55. The van der Waals surface area contributed by atoms with E-state index in [2.05, 4.69) is 59.1 Å². The van der Waals surface area contributed by atoms with Gasteiger partial charge in [0.1, 0.15) is 0 Å². The molecule has 0 fully saturated rings. The quantitative estimate of drug-likeness (QED) is 0.799. The second-order valence-electron chi connectivity index (χ2n) is 5.98. The molecular weight excluding hydrogens is 226 g/mol. The number of hydrogen-bond donors (Lipinski definition) is 1. The largest absolute Gasteiger partial charge is 0.312 e. The minimum absolute atomic E-state index is 0.273. The average Bonchev–Trinajstić information content (AvgIpc) is 2.68. The molecule has 1 nitrogen and oxygen atoms in total. The lowest BCUT2D eigenvalue weighted by Gasteiger charge is -2.22. The summed E-state index contributed by atoms with van der Waals surface area (Å²) in [5.74, 6) is 0.705. The fourth-order valence-corrected chi connectivity index (χ4v) is 3.56. The Kier molecular flexibility index (Phi) is 5.21. The molecule has 0 aliphatic carbocycles. The Morgan fingerprint density at radius 1 is 1.29 bits per heavy atom. The summed E-state index contributed by atoms with van der Waals surface area (Å²) >= 11 is 1.96. The molecule has 0 saturated heterocycles. The van der Waals surface area contributed by atoms with E-state index in [0.717, 1.165) is 0 Å². The molecule has 1 rings (SSSR count). The van der Waals surface area contributed by atoms with Gasteiger partial charge in [-0.15, -0.1) is 11.3 Å². The van der Waals surface area contributed by atoms with E-state index in [1.165, 1.54) is 22.6 Å². The maximum Gasteiger partial charge on any atom is 0.0438 e. The molecule has 0 spiro atoms. The van der Waals surface area contributed by atoms with Crippen LogP contribution in [0, 0.1) is 5.92 Å². The minimum Gasteiger partial charge on any atom is -0.312 e. The van der Waals surface area contributed by atoms with Gasteiger partial charge in [-0.1, -0.05) is 41.0 Å². The second kappa shape index (κ2) is 6.01. The first-order chi connectivity index (χ1) is 7.90. The number of nitrogens with one attached hydrogen (secondary N) is 1. The number of rotatable bonds is 5. The highest BCUT2D eigenvalue weighted by Crippen LogP contribution is 2.35. The molecule has 0 radical (unpaired) electrons. The number of hydrogen-bond acceptors (Lipinski definition) is 2. The Morgan fingerprint density at radius 2 is 1.94 bits per heavy atom. The standard InChI is InChI=1S/C15H27NS/c1-7-8-11(2)14(16-6)12-9-10-13(17-12)15(3,4)5/h9-11,14,16H,7-8H2,1-6H3. The zero-order chi connectivity index (χ0) is 13.1. The Bertz CT molecular complexity index is 335. The average molecular weight is 253 g/mol. The van der Waals surface area contributed by atoms with Crippen LogP contribution in [0.2, 0.25) is 0 Å². The van der Waals surface area contributed by atoms with Gasteiger partial charge in [0, 0.05) is 15.8 Å². The van der Waals surface area contributed by atoms with Gasteiger partial charge in [0.05, 0.1) is 0 Å². The van der Waals surface area contributed by atoms with E-state index < -0.39 is 0 Å². The highest BCUT2D eigenvalue weighted by molar-refractivity contribution is 7.12. The second-order valence-corrected chi connectivity index (χ2v) is 7.10. The molecular formula is C15H27NS. The van der Waals surface area contributed by atoms with Crippen molar-refractivity contribution in [1.82, 2.24) is 5.32 Å². The molecule has 98 valence electrons. The molecule has 2 atom stereocenters. The van der Waals surface area contributed by atoms with E-state index in [4.69, 9.17) is 0 Å². The molecule has 0 aliphatic rings. The molecule has 0 bridgehead atoms. The summed E-state index contributed by atoms with van der Waals surface area (Å²) in [5.41, 5.74) is 0.273. The molecule has 1 N–H and O–H groups in total. The Hall–Kier alpha value is -0.340. The van der Waals surface area contributed by atoms with Crippen LogP contribution in [0.25, 0.3) is 0 Å². The summed E-state index contributed by atoms with van der Waals surface area (Å²) in [6.45, 7) is 11.5. The molecule has 0 saturated carbocycles. The maximum atomic E-state index is 3.48. The summed E-state index contributed by atoms with van der Waals surface area (Å²) in [7, 11) is 2.08. The highest BCUT2D eigenvalue weighted by atomic mass is 32.1. The van der Waals surface area contributed by atoms with Gasteiger partial charge in [0.2, 0.25) is 0 Å². The smallest absolute Gasteiger partial charge is 0.0438 e. The SMILES string of the molecule is CCCC(C)C(NC)c1ccc(C(C)(C)C)s1. The molecule has 17 heavy (non-hydrogen) atoms.